The molecule has 0 N–H and O–H groups in total. The van der Waals surface area contributed by atoms with Crippen molar-refractivity contribution in [1.82, 2.24) is 9.55 Å². The molecule has 0 radical (unpaired) electrons. The number of rotatable bonds is 8. The molecule has 0 bridgehead atoms. The highest BCUT2D eigenvalue weighted by Gasteiger charge is 2.22. The summed E-state index contributed by atoms with van der Waals surface area (Å²) in [6.45, 7) is 13.7. The van der Waals surface area contributed by atoms with Crippen molar-refractivity contribution < 1.29 is 9.18 Å². The maximum Gasteiger partial charge on any atom is 0.278 e. The standard InChI is InChI=1S/C26H33FN4O/c1-6-30(7-2)22-12-8-20(9-13-22)16-31(23-14-10-21(27)11-15-23)25(32)24-17-29(19-28-24)18-26(3,4)5/h8-15,17,19H,6-7,16,18H2,1-5H3. The minimum Gasteiger partial charge on any atom is -0.372 e. The first kappa shape index (κ1) is 23.5. The highest BCUT2D eigenvalue weighted by Crippen LogP contribution is 2.23. The third kappa shape index (κ3) is 5.96. The third-order valence-electron chi connectivity index (χ3n) is 5.30. The van der Waals surface area contributed by atoms with Gasteiger partial charge in [0.05, 0.1) is 12.9 Å². The topological polar surface area (TPSA) is 41.4 Å². The van der Waals surface area contributed by atoms with Crippen LogP contribution in [-0.2, 0) is 13.1 Å². The lowest BCUT2D eigenvalue weighted by molar-refractivity contribution is 0.0980. The summed E-state index contributed by atoms with van der Waals surface area (Å²) in [5.74, 6) is -0.545. The molecule has 1 aromatic heterocycles. The molecule has 170 valence electrons. The van der Waals surface area contributed by atoms with Gasteiger partial charge in [-0.05, 0) is 61.2 Å². The van der Waals surface area contributed by atoms with Gasteiger partial charge in [0.15, 0.2) is 0 Å². The molecule has 6 heteroatoms. The van der Waals surface area contributed by atoms with Gasteiger partial charge in [0.1, 0.15) is 11.5 Å². The van der Waals surface area contributed by atoms with E-state index < -0.39 is 0 Å². The van der Waals surface area contributed by atoms with Crippen molar-refractivity contribution in [3.8, 4) is 0 Å². The fourth-order valence-electron chi connectivity index (χ4n) is 3.73. The van der Waals surface area contributed by atoms with Gasteiger partial charge in [-0.25, -0.2) is 9.37 Å². The predicted octanol–water partition coefficient (Wildman–Crippen LogP) is 5.76. The molecule has 0 aliphatic carbocycles. The van der Waals surface area contributed by atoms with Crippen LogP contribution in [-0.4, -0.2) is 28.5 Å². The molecule has 1 amide bonds. The van der Waals surface area contributed by atoms with Crippen LogP contribution in [0.5, 0.6) is 0 Å². The molecule has 1 heterocycles. The van der Waals surface area contributed by atoms with Gasteiger partial charge in [-0.3, -0.25) is 4.79 Å². The molecule has 32 heavy (non-hydrogen) atoms. The van der Waals surface area contributed by atoms with E-state index in [0.717, 1.165) is 30.9 Å². The summed E-state index contributed by atoms with van der Waals surface area (Å²) in [5.41, 5.74) is 3.23. The number of hydrogen-bond donors (Lipinski definition) is 0. The fourth-order valence-corrected chi connectivity index (χ4v) is 3.73. The molecular weight excluding hydrogens is 403 g/mol. The molecule has 0 atom stereocenters. The Morgan fingerprint density at radius 1 is 0.969 bits per heavy atom. The van der Waals surface area contributed by atoms with Crippen LogP contribution in [0.3, 0.4) is 0 Å². The summed E-state index contributed by atoms with van der Waals surface area (Å²) in [6, 6.07) is 14.2. The Balaban J connectivity index is 1.87. The predicted molar refractivity (Wildman–Crippen MR) is 129 cm³/mol. The molecular formula is C26H33FN4O. The van der Waals surface area contributed by atoms with Crippen LogP contribution in [0.2, 0.25) is 0 Å². The van der Waals surface area contributed by atoms with E-state index in [-0.39, 0.29) is 17.1 Å². The second kappa shape index (κ2) is 9.98. The molecule has 3 rings (SSSR count). The van der Waals surface area contributed by atoms with Gasteiger partial charge in [0.25, 0.3) is 5.91 Å². The van der Waals surface area contributed by atoms with Crippen molar-refractivity contribution in [2.45, 2.75) is 47.7 Å². The smallest absolute Gasteiger partial charge is 0.278 e. The summed E-state index contributed by atoms with van der Waals surface area (Å²) in [4.78, 5) is 21.7. The first-order valence-corrected chi connectivity index (χ1v) is 11.1. The first-order chi connectivity index (χ1) is 15.2. The van der Waals surface area contributed by atoms with Crippen molar-refractivity contribution in [3.05, 3.63) is 78.1 Å². The lowest BCUT2D eigenvalue weighted by Crippen LogP contribution is -2.31. The van der Waals surface area contributed by atoms with Crippen LogP contribution in [0.1, 0.15) is 50.7 Å². The molecule has 0 aliphatic rings. The molecule has 0 fully saturated rings. The number of anilines is 2. The lowest BCUT2D eigenvalue weighted by Gasteiger charge is -2.24. The summed E-state index contributed by atoms with van der Waals surface area (Å²) in [6.07, 6.45) is 3.48. The van der Waals surface area contributed by atoms with E-state index in [1.807, 2.05) is 16.7 Å². The molecule has 0 saturated carbocycles. The van der Waals surface area contributed by atoms with Gasteiger partial charge < -0.3 is 14.4 Å². The number of benzene rings is 2. The number of imidazole rings is 1. The quantitative estimate of drug-likeness (QED) is 0.451. The zero-order chi connectivity index (χ0) is 23.3. The van der Waals surface area contributed by atoms with Crippen molar-refractivity contribution in [3.63, 3.8) is 0 Å². The van der Waals surface area contributed by atoms with Crippen molar-refractivity contribution in [2.24, 2.45) is 5.41 Å². The van der Waals surface area contributed by atoms with Gasteiger partial charge in [0.2, 0.25) is 0 Å². The lowest BCUT2D eigenvalue weighted by atomic mass is 9.97. The zero-order valence-corrected chi connectivity index (χ0v) is 19.7. The SMILES string of the molecule is CCN(CC)c1ccc(CN(C(=O)c2cn(CC(C)(C)C)cn2)c2ccc(F)cc2)cc1. The van der Waals surface area contributed by atoms with Crippen molar-refractivity contribution >= 4 is 17.3 Å². The number of amides is 1. The Morgan fingerprint density at radius 2 is 1.56 bits per heavy atom. The van der Waals surface area contributed by atoms with E-state index >= 15 is 0 Å². The molecule has 0 unspecified atom stereocenters. The highest BCUT2D eigenvalue weighted by molar-refractivity contribution is 6.04. The normalized spacial score (nSPS) is 11.4. The minimum absolute atomic E-state index is 0.0737. The number of halogens is 1. The van der Waals surface area contributed by atoms with Gasteiger partial charge in [-0.15, -0.1) is 0 Å². The summed E-state index contributed by atoms with van der Waals surface area (Å²) in [7, 11) is 0. The largest absolute Gasteiger partial charge is 0.372 e. The number of nitrogens with zero attached hydrogens (tertiary/aromatic N) is 4. The molecule has 0 saturated heterocycles. The van der Waals surface area contributed by atoms with Gasteiger partial charge >= 0.3 is 0 Å². The molecule has 5 nitrogen and oxygen atoms in total. The van der Waals surface area contributed by atoms with E-state index in [4.69, 9.17) is 0 Å². The zero-order valence-electron chi connectivity index (χ0n) is 19.7. The van der Waals surface area contributed by atoms with Crippen LogP contribution in [0.4, 0.5) is 15.8 Å². The number of hydrogen-bond acceptors (Lipinski definition) is 3. The summed E-state index contributed by atoms with van der Waals surface area (Å²) < 4.78 is 15.5. The van der Waals surface area contributed by atoms with Crippen LogP contribution >= 0.6 is 0 Å². The monoisotopic (exact) mass is 436 g/mol. The fraction of sp³-hybridized carbons (Fsp3) is 0.385. The van der Waals surface area contributed by atoms with E-state index in [1.165, 1.54) is 12.1 Å². The second-order valence-corrected chi connectivity index (χ2v) is 9.20. The van der Waals surface area contributed by atoms with Crippen LogP contribution in [0.25, 0.3) is 0 Å². The number of aromatic nitrogens is 2. The van der Waals surface area contributed by atoms with Crippen LogP contribution in [0.15, 0.2) is 61.1 Å². The minimum atomic E-state index is -0.334. The Kier molecular flexibility index (Phi) is 7.33. The first-order valence-electron chi connectivity index (χ1n) is 11.1. The van der Waals surface area contributed by atoms with E-state index in [2.05, 4.69) is 56.6 Å². The third-order valence-corrected chi connectivity index (χ3v) is 5.30. The van der Waals surface area contributed by atoms with Crippen molar-refractivity contribution in [2.75, 3.05) is 22.9 Å². The Labute approximate surface area is 190 Å². The Morgan fingerprint density at radius 3 is 2.12 bits per heavy atom. The average molecular weight is 437 g/mol. The van der Waals surface area contributed by atoms with Crippen LogP contribution in [0, 0.1) is 11.2 Å². The second-order valence-electron chi connectivity index (χ2n) is 9.20. The maximum absolute atomic E-state index is 13.5. The van der Waals surface area contributed by atoms with E-state index in [9.17, 15) is 9.18 Å². The van der Waals surface area contributed by atoms with Crippen molar-refractivity contribution in [1.29, 1.82) is 0 Å². The number of carbonyl (C=O) groups excluding carboxylic acids is 1. The van der Waals surface area contributed by atoms with Gasteiger partial charge in [-0.1, -0.05) is 32.9 Å². The molecule has 0 aliphatic heterocycles. The maximum atomic E-state index is 13.5. The Bertz CT molecular complexity index is 1020. The highest BCUT2D eigenvalue weighted by atomic mass is 19.1. The summed E-state index contributed by atoms with van der Waals surface area (Å²) in [5, 5.41) is 0. The van der Waals surface area contributed by atoms with Gasteiger partial charge in [-0.2, -0.15) is 0 Å². The molecule has 0 spiro atoms. The molecule has 2 aromatic carbocycles. The van der Waals surface area contributed by atoms with E-state index in [0.29, 0.717) is 17.9 Å². The van der Waals surface area contributed by atoms with E-state index in [1.54, 1.807) is 29.6 Å². The summed E-state index contributed by atoms with van der Waals surface area (Å²) >= 11 is 0. The van der Waals surface area contributed by atoms with Crippen LogP contribution < -0.4 is 9.80 Å². The number of carbonyl (C=O) groups is 1. The molecule has 3 aromatic rings. The Hall–Kier alpha value is -3.15. The average Bonchev–Trinajstić information content (AvgIpc) is 3.21. The van der Waals surface area contributed by atoms with Gasteiger partial charge in [0, 0.05) is 37.2 Å².